The molecular weight excluding hydrogens is 410 g/mol. The minimum atomic E-state index is -1.39. The summed E-state index contributed by atoms with van der Waals surface area (Å²) >= 11 is 1.04. The number of benzene rings is 1. The topological polar surface area (TPSA) is 144 Å². The summed E-state index contributed by atoms with van der Waals surface area (Å²) in [6.07, 6.45) is -0.446. The van der Waals surface area contributed by atoms with Gasteiger partial charge in [-0.05, 0) is 30.5 Å². The van der Waals surface area contributed by atoms with Crippen LogP contribution in [0.3, 0.4) is 0 Å². The maximum Gasteiger partial charge on any atom is 0.263 e. The van der Waals surface area contributed by atoms with Crippen molar-refractivity contribution >= 4 is 46.0 Å². The average molecular weight is 432 g/mol. The highest BCUT2D eigenvalue weighted by Crippen LogP contribution is 2.24. The molecule has 0 atom stereocenters. The molecule has 0 unspecified atom stereocenters. The van der Waals surface area contributed by atoms with Crippen LogP contribution in [0.2, 0.25) is 0 Å². The second kappa shape index (κ2) is 10.3. The average Bonchev–Trinajstić information content (AvgIpc) is 3.06. The maximum atomic E-state index is 12.6. The molecule has 10 nitrogen and oxygen atoms in total. The zero-order valence-electron chi connectivity index (χ0n) is 16.8. The number of likely N-dealkylation sites (N-methyl/N-ethyl adjacent to an activating group) is 1. The smallest absolute Gasteiger partial charge is 0.263 e. The number of aryl methyl sites for hydroxylation is 2. The van der Waals surface area contributed by atoms with E-state index in [1.54, 1.807) is 38.4 Å². The van der Waals surface area contributed by atoms with E-state index < -0.39 is 12.0 Å². The molecule has 0 aliphatic heterocycles. The first-order valence-electron chi connectivity index (χ1n) is 8.98. The lowest BCUT2D eigenvalue weighted by Gasteiger charge is -2.11. The number of thiazole rings is 1. The molecule has 1 aromatic carbocycles. The summed E-state index contributed by atoms with van der Waals surface area (Å²) in [7, 11) is 3.19. The Morgan fingerprint density at radius 3 is 2.30 bits per heavy atom. The molecule has 11 heteroatoms. The van der Waals surface area contributed by atoms with Crippen molar-refractivity contribution in [1.29, 1.82) is 0 Å². The van der Waals surface area contributed by atoms with E-state index in [1.807, 2.05) is 0 Å². The van der Waals surface area contributed by atoms with Crippen molar-refractivity contribution < 1.29 is 24.3 Å². The highest BCUT2D eigenvalue weighted by atomic mass is 32.1. The van der Waals surface area contributed by atoms with Gasteiger partial charge in [0, 0.05) is 26.7 Å². The van der Waals surface area contributed by atoms with Gasteiger partial charge in [-0.3, -0.25) is 14.4 Å². The first-order valence-corrected chi connectivity index (χ1v) is 9.80. The molecule has 0 fully saturated rings. The molecule has 30 heavy (non-hydrogen) atoms. The van der Waals surface area contributed by atoms with Crippen molar-refractivity contribution in [3.05, 3.63) is 40.4 Å². The molecule has 1 heterocycles. The molecule has 0 spiro atoms. The minimum Gasteiger partial charge on any atom is -0.530 e. The highest BCUT2D eigenvalue weighted by molar-refractivity contribution is 7.17. The zero-order valence-corrected chi connectivity index (χ0v) is 17.6. The number of nitrogens with one attached hydrogen (secondary N) is 3. The third-order valence-corrected chi connectivity index (χ3v) is 4.95. The number of rotatable bonds is 8. The van der Waals surface area contributed by atoms with E-state index in [4.69, 9.17) is 0 Å². The standard InChI is InChI=1S/C19H23N5O5S/c1-11(25)21-18-23-14(16(30-18)17(27)20-10-15(26)24(2)3)9-6-12-4-7-13(8-5-12)22-19(28)29/h4-5,7-8,22H,6,9-10H2,1-3H3,(H,20,27)(H,28,29)(H,21,23,25)/p-1. The van der Waals surface area contributed by atoms with E-state index in [0.29, 0.717) is 34.2 Å². The van der Waals surface area contributed by atoms with E-state index in [9.17, 15) is 24.3 Å². The highest BCUT2D eigenvalue weighted by Gasteiger charge is 2.19. The van der Waals surface area contributed by atoms with Gasteiger partial charge in [-0.25, -0.2) is 4.98 Å². The molecule has 0 saturated heterocycles. The van der Waals surface area contributed by atoms with Gasteiger partial charge in [0.15, 0.2) is 5.13 Å². The first-order chi connectivity index (χ1) is 14.2. The van der Waals surface area contributed by atoms with E-state index in [0.717, 1.165) is 16.9 Å². The van der Waals surface area contributed by atoms with Gasteiger partial charge >= 0.3 is 0 Å². The van der Waals surface area contributed by atoms with Gasteiger partial charge in [-0.15, -0.1) is 0 Å². The van der Waals surface area contributed by atoms with Crippen LogP contribution in [0.15, 0.2) is 24.3 Å². The predicted molar refractivity (Wildman–Crippen MR) is 110 cm³/mol. The van der Waals surface area contributed by atoms with Crippen LogP contribution in [0.25, 0.3) is 0 Å². The molecule has 0 radical (unpaired) electrons. The Morgan fingerprint density at radius 1 is 1.07 bits per heavy atom. The number of anilines is 2. The van der Waals surface area contributed by atoms with E-state index in [-0.39, 0.29) is 18.4 Å². The number of nitrogens with zero attached hydrogens (tertiary/aromatic N) is 2. The lowest BCUT2D eigenvalue weighted by Crippen LogP contribution is -2.36. The quantitative estimate of drug-likeness (QED) is 0.553. The predicted octanol–water partition coefficient (Wildman–Crippen LogP) is 0.460. The van der Waals surface area contributed by atoms with Crippen LogP contribution in [0, 0.1) is 0 Å². The number of carbonyl (C=O) groups is 4. The fourth-order valence-corrected chi connectivity index (χ4v) is 3.41. The Kier molecular flexibility index (Phi) is 7.87. The molecular formula is C19H22N5O5S-. The summed E-state index contributed by atoms with van der Waals surface area (Å²) in [4.78, 5) is 52.2. The van der Waals surface area contributed by atoms with Gasteiger partial charge in [0.25, 0.3) is 5.91 Å². The van der Waals surface area contributed by atoms with Crippen molar-refractivity contribution in [2.75, 3.05) is 31.3 Å². The van der Waals surface area contributed by atoms with Gasteiger partial charge in [0.05, 0.1) is 12.2 Å². The van der Waals surface area contributed by atoms with Crippen LogP contribution in [0.4, 0.5) is 15.6 Å². The summed E-state index contributed by atoms with van der Waals surface area (Å²) in [5.74, 6) is -0.995. The van der Waals surface area contributed by atoms with E-state index >= 15 is 0 Å². The lowest BCUT2D eigenvalue weighted by atomic mass is 10.1. The summed E-state index contributed by atoms with van der Waals surface area (Å²) in [6, 6.07) is 6.72. The van der Waals surface area contributed by atoms with Gasteiger partial charge < -0.3 is 30.8 Å². The summed E-state index contributed by atoms with van der Waals surface area (Å²) < 4.78 is 0. The Hall–Kier alpha value is -3.47. The first kappa shape index (κ1) is 22.8. The van der Waals surface area contributed by atoms with E-state index in [2.05, 4.69) is 20.9 Å². The van der Waals surface area contributed by atoms with Crippen molar-refractivity contribution in [3.63, 3.8) is 0 Å². The molecule has 3 N–H and O–H groups in total. The fourth-order valence-electron chi connectivity index (χ4n) is 2.43. The number of hydrogen-bond acceptors (Lipinski definition) is 7. The third-order valence-electron chi connectivity index (χ3n) is 3.94. The van der Waals surface area contributed by atoms with Crippen molar-refractivity contribution in [1.82, 2.24) is 15.2 Å². The number of carboxylic acid groups (broad SMARTS) is 1. The second-order valence-corrected chi connectivity index (χ2v) is 7.56. The van der Waals surface area contributed by atoms with Crippen LogP contribution >= 0.6 is 11.3 Å². The molecule has 0 bridgehead atoms. The van der Waals surface area contributed by atoms with Crippen molar-refractivity contribution in [3.8, 4) is 0 Å². The van der Waals surface area contributed by atoms with Crippen molar-refractivity contribution in [2.45, 2.75) is 19.8 Å². The lowest BCUT2D eigenvalue weighted by molar-refractivity contribution is -0.242. The van der Waals surface area contributed by atoms with Gasteiger partial charge in [-0.1, -0.05) is 23.5 Å². The van der Waals surface area contributed by atoms with Gasteiger partial charge in [0.2, 0.25) is 11.8 Å². The molecule has 2 aromatic rings. The number of carbonyl (C=O) groups excluding carboxylic acids is 4. The normalized spacial score (nSPS) is 10.2. The Morgan fingerprint density at radius 2 is 1.73 bits per heavy atom. The maximum absolute atomic E-state index is 12.6. The largest absolute Gasteiger partial charge is 0.530 e. The van der Waals surface area contributed by atoms with Gasteiger partial charge in [0.1, 0.15) is 11.0 Å². The Balaban J connectivity index is 2.11. The van der Waals surface area contributed by atoms with Crippen molar-refractivity contribution in [2.24, 2.45) is 0 Å². The molecule has 0 aliphatic rings. The molecule has 0 saturated carbocycles. The summed E-state index contributed by atoms with van der Waals surface area (Å²) in [5, 5.41) is 18.1. The van der Waals surface area contributed by atoms with Gasteiger partial charge in [-0.2, -0.15) is 0 Å². The van der Waals surface area contributed by atoms with E-state index in [1.165, 1.54) is 11.8 Å². The summed E-state index contributed by atoms with van der Waals surface area (Å²) in [5.41, 5.74) is 1.79. The second-order valence-electron chi connectivity index (χ2n) is 6.56. The van der Waals surface area contributed by atoms with Crippen LogP contribution in [-0.4, -0.2) is 54.3 Å². The van der Waals surface area contributed by atoms with Crippen LogP contribution in [0.1, 0.15) is 27.9 Å². The Bertz CT molecular complexity index is 939. The number of aromatic nitrogens is 1. The molecule has 2 rings (SSSR count). The molecule has 4 amide bonds. The third kappa shape index (κ3) is 6.85. The van der Waals surface area contributed by atoms with Crippen LogP contribution < -0.4 is 21.1 Å². The molecule has 160 valence electrons. The Labute approximate surface area is 177 Å². The number of hydrogen-bond donors (Lipinski definition) is 3. The monoisotopic (exact) mass is 432 g/mol. The summed E-state index contributed by atoms with van der Waals surface area (Å²) in [6.45, 7) is 1.20. The molecule has 0 aliphatic carbocycles. The number of amides is 4. The zero-order chi connectivity index (χ0) is 22.3. The minimum absolute atomic E-state index is 0.147. The van der Waals surface area contributed by atoms with Crippen LogP contribution in [-0.2, 0) is 22.4 Å². The van der Waals surface area contributed by atoms with Crippen LogP contribution in [0.5, 0.6) is 0 Å². The fraction of sp³-hybridized carbons (Fsp3) is 0.316. The SMILES string of the molecule is CC(=O)Nc1nc(CCc2ccc(NC(=O)[O-])cc2)c(C(=O)NCC(=O)N(C)C)s1. The molecule has 1 aromatic heterocycles.